The number of aromatic nitrogens is 3. The van der Waals surface area contributed by atoms with Gasteiger partial charge in [-0.2, -0.15) is 0 Å². The van der Waals surface area contributed by atoms with E-state index in [-0.39, 0.29) is 17.9 Å². The van der Waals surface area contributed by atoms with Crippen LogP contribution in [0.4, 0.5) is 0 Å². The zero-order chi connectivity index (χ0) is 22.3. The molecule has 2 heterocycles. The van der Waals surface area contributed by atoms with Crippen molar-refractivity contribution in [2.45, 2.75) is 37.5 Å². The van der Waals surface area contributed by atoms with Crippen molar-refractivity contribution in [1.82, 2.24) is 25.0 Å². The number of rotatable bonds is 7. The fourth-order valence-corrected chi connectivity index (χ4v) is 4.65. The summed E-state index contributed by atoms with van der Waals surface area (Å²) in [6.07, 6.45) is 1.52. The van der Waals surface area contributed by atoms with Crippen LogP contribution in [-0.2, 0) is 11.3 Å². The Kier molecular flexibility index (Phi) is 7.21. The van der Waals surface area contributed by atoms with Gasteiger partial charge >= 0.3 is 0 Å². The lowest BCUT2D eigenvalue weighted by Crippen LogP contribution is -2.47. The average Bonchev–Trinajstić information content (AvgIpc) is 3.18. The van der Waals surface area contributed by atoms with Crippen LogP contribution in [0.2, 0.25) is 0 Å². The van der Waals surface area contributed by atoms with E-state index < -0.39 is 0 Å². The minimum absolute atomic E-state index is 0.0564. The highest BCUT2D eigenvalue weighted by Crippen LogP contribution is 2.20. The van der Waals surface area contributed by atoms with E-state index in [4.69, 9.17) is 0 Å². The van der Waals surface area contributed by atoms with Gasteiger partial charge in [-0.15, -0.1) is 10.2 Å². The zero-order valence-corrected chi connectivity index (χ0v) is 18.9. The maximum Gasteiger partial charge on any atom is 0.251 e. The molecule has 7 nitrogen and oxygen atoms in total. The predicted octanol–water partition coefficient (Wildman–Crippen LogP) is 3.15. The lowest BCUT2D eigenvalue weighted by molar-refractivity contribution is -0.129. The van der Waals surface area contributed by atoms with Crippen molar-refractivity contribution in [3.8, 4) is 0 Å². The first-order valence-corrected chi connectivity index (χ1v) is 11.8. The molecule has 1 N–H and O–H groups in total. The van der Waals surface area contributed by atoms with Gasteiger partial charge in [0.15, 0.2) is 5.16 Å². The van der Waals surface area contributed by atoms with Crippen LogP contribution in [0.3, 0.4) is 0 Å². The first kappa shape index (κ1) is 22.1. The maximum atomic E-state index is 12.8. The zero-order valence-electron chi connectivity index (χ0n) is 18.1. The Morgan fingerprint density at radius 2 is 1.66 bits per heavy atom. The summed E-state index contributed by atoms with van der Waals surface area (Å²) in [7, 11) is 0. The number of nitrogens with one attached hydrogen (secondary N) is 1. The Bertz CT molecular complexity index is 1050. The molecular formula is C24H27N5O2S. The second-order valence-electron chi connectivity index (χ2n) is 7.88. The molecule has 0 unspecified atom stereocenters. The summed E-state index contributed by atoms with van der Waals surface area (Å²) >= 11 is 1.43. The van der Waals surface area contributed by atoms with Crippen LogP contribution in [0, 0.1) is 6.92 Å². The topological polar surface area (TPSA) is 80.1 Å². The molecule has 1 saturated heterocycles. The molecule has 4 rings (SSSR count). The Hall–Kier alpha value is -3.13. The summed E-state index contributed by atoms with van der Waals surface area (Å²) in [4.78, 5) is 27.0. The molecule has 1 aliphatic rings. The van der Waals surface area contributed by atoms with Gasteiger partial charge in [-0.3, -0.25) is 9.59 Å². The van der Waals surface area contributed by atoms with Gasteiger partial charge in [-0.05, 0) is 37.5 Å². The second-order valence-corrected chi connectivity index (χ2v) is 8.83. The minimum Gasteiger partial charge on any atom is -0.349 e. The standard InChI is InChI=1S/C24H27N5O2S/c1-18-26-27-24(29(18)16-19-8-4-2-5-9-19)32-17-22(30)28-14-12-21(13-15-28)25-23(31)20-10-6-3-7-11-20/h2-11,21H,12-17H2,1H3,(H,25,31). The number of hydrogen-bond acceptors (Lipinski definition) is 5. The van der Waals surface area contributed by atoms with Crippen molar-refractivity contribution in [2.24, 2.45) is 0 Å². The molecule has 2 amide bonds. The van der Waals surface area contributed by atoms with E-state index in [2.05, 4.69) is 27.6 Å². The number of aryl methyl sites for hydroxylation is 1. The molecule has 3 aromatic rings. The van der Waals surface area contributed by atoms with Gasteiger partial charge in [0.25, 0.3) is 5.91 Å². The smallest absolute Gasteiger partial charge is 0.251 e. The van der Waals surface area contributed by atoms with Crippen molar-refractivity contribution in [2.75, 3.05) is 18.8 Å². The average molecular weight is 450 g/mol. The fourth-order valence-electron chi connectivity index (χ4n) is 3.77. The SMILES string of the molecule is Cc1nnc(SCC(=O)N2CCC(NC(=O)c3ccccc3)CC2)n1Cc1ccccc1. The number of carbonyl (C=O) groups is 2. The highest BCUT2D eigenvalue weighted by molar-refractivity contribution is 7.99. The van der Waals surface area contributed by atoms with Gasteiger partial charge in [0.1, 0.15) is 5.82 Å². The molecule has 1 aromatic heterocycles. The molecule has 1 fully saturated rings. The number of nitrogens with zero attached hydrogens (tertiary/aromatic N) is 4. The van der Waals surface area contributed by atoms with Crippen LogP contribution >= 0.6 is 11.8 Å². The summed E-state index contributed by atoms with van der Waals surface area (Å²) in [6.45, 7) is 3.91. The van der Waals surface area contributed by atoms with Crippen LogP contribution in [0.1, 0.15) is 34.6 Å². The van der Waals surface area contributed by atoms with Crippen molar-refractivity contribution in [3.05, 3.63) is 77.6 Å². The highest BCUT2D eigenvalue weighted by atomic mass is 32.2. The van der Waals surface area contributed by atoms with Crippen LogP contribution in [0.5, 0.6) is 0 Å². The van der Waals surface area contributed by atoms with Gasteiger partial charge in [0.2, 0.25) is 5.91 Å². The molecule has 0 spiro atoms. The number of likely N-dealkylation sites (tertiary alicyclic amines) is 1. The minimum atomic E-state index is -0.0564. The molecule has 32 heavy (non-hydrogen) atoms. The molecule has 166 valence electrons. The van der Waals surface area contributed by atoms with E-state index in [1.54, 1.807) is 0 Å². The van der Waals surface area contributed by atoms with Gasteiger partial charge in [0.05, 0.1) is 12.3 Å². The van der Waals surface area contributed by atoms with Crippen molar-refractivity contribution < 1.29 is 9.59 Å². The monoisotopic (exact) mass is 449 g/mol. The van der Waals surface area contributed by atoms with Crippen LogP contribution in [0.15, 0.2) is 65.8 Å². The number of hydrogen-bond donors (Lipinski definition) is 1. The van der Waals surface area contributed by atoms with E-state index in [0.29, 0.717) is 31.0 Å². The molecule has 0 radical (unpaired) electrons. The quantitative estimate of drug-likeness (QED) is 0.561. The second kappa shape index (κ2) is 10.5. The number of benzene rings is 2. The molecule has 0 atom stereocenters. The molecule has 0 bridgehead atoms. The summed E-state index contributed by atoms with van der Waals surface area (Å²) in [5, 5.41) is 12.3. The van der Waals surface area contributed by atoms with Gasteiger partial charge in [0, 0.05) is 24.7 Å². The van der Waals surface area contributed by atoms with E-state index in [1.807, 2.05) is 64.9 Å². The summed E-state index contributed by atoms with van der Waals surface area (Å²) < 4.78 is 2.04. The molecular weight excluding hydrogens is 422 g/mol. The molecule has 0 aliphatic carbocycles. The first-order valence-electron chi connectivity index (χ1n) is 10.8. The highest BCUT2D eigenvalue weighted by Gasteiger charge is 2.24. The third kappa shape index (κ3) is 5.56. The Morgan fingerprint density at radius 3 is 2.34 bits per heavy atom. The normalized spacial score (nSPS) is 14.3. The molecule has 2 aromatic carbocycles. The fraction of sp³-hybridized carbons (Fsp3) is 0.333. The third-order valence-corrected chi connectivity index (χ3v) is 6.58. The molecule has 8 heteroatoms. The third-order valence-electron chi connectivity index (χ3n) is 5.63. The predicted molar refractivity (Wildman–Crippen MR) is 125 cm³/mol. The Morgan fingerprint density at radius 1 is 1.00 bits per heavy atom. The summed E-state index contributed by atoms with van der Waals surface area (Å²) in [5.41, 5.74) is 1.83. The largest absolute Gasteiger partial charge is 0.349 e. The van der Waals surface area contributed by atoms with Gasteiger partial charge < -0.3 is 14.8 Å². The van der Waals surface area contributed by atoms with E-state index in [1.165, 1.54) is 17.3 Å². The molecule has 1 aliphatic heterocycles. The molecule has 0 saturated carbocycles. The lowest BCUT2D eigenvalue weighted by atomic mass is 10.0. The van der Waals surface area contributed by atoms with Crippen molar-refractivity contribution >= 4 is 23.6 Å². The lowest BCUT2D eigenvalue weighted by Gasteiger charge is -2.32. The van der Waals surface area contributed by atoms with Crippen molar-refractivity contribution in [3.63, 3.8) is 0 Å². The summed E-state index contributed by atoms with van der Waals surface area (Å²) in [5.74, 6) is 1.20. The summed E-state index contributed by atoms with van der Waals surface area (Å²) in [6, 6.07) is 19.5. The van der Waals surface area contributed by atoms with Crippen LogP contribution in [0.25, 0.3) is 0 Å². The van der Waals surface area contributed by atoms with E-state index >= 15 is 0 Å². The number of thioether (sulfide) groups is 1. The van der Waals surface area contributed by atoms with Gasteiger partial charge in [-0.25, -0.2) is 0 Å². The first-order chi connectivity index (χ1) is 15.6. The van der Waals surface area contributed by atoms with Gasteiger partial charge in [-0.1, -0.05) is 60.3 Å². The van der Waals surface area contributed by atoms with Crippen LogP contribution < -0.4 is 5.32 Å². The Labute approximate surface area is 192 Å². The maximum absolute atomic E-state index is 12.8. The van der Waals surface area contributed by atoms with Crippen LogP contribution in [-0.4, -0.2) is 56.4 Å². The van der Waals surface area contributed by atoms with E-state index in [0.717, 1.165) is 23.8 Å². The van der Waals surface area contributed by atoms with Crippen molar-refractivity contribution in [1.29, 1.82) is 0 Å². The Balaban J connectivity index is 1.26. The number of piperidine rings is 1. The number of amides is 2. The van der Waals surface area contributed by atoms with E-state index in [9.17, 15) is 9.59 Å². The number of carbonyl (C=O) groups excluding carboxylic acids is 2.